The van der Waals surface area contributed by atoms with E-state index in [0.717, 1.165) is 6.42 Å². The first-order valence-corrected chi connectivity index (χ1v) is 7.12. The first-order valence-electron chi connectivity index (χ1n) is 7.12. The van der Waals surface area contributed by atoms with Crippen molar-refractivity contribution in [3.05, 3.63) is 84.4 Å². The van der Waals surface area contributed by atoms with Gasteiger partial charge in [-0.3, -0.25) is 0 Å². The Morgan fingerprint density at radius 2 is 1.30 bits per heavy atom. The van der Waals surface area contributed by atoms with E-state index < -0.39 is 0 Å². The van der Waals surface area contributed by atoms with E-state index in [1.54, 1.807) is 0 Å². The summed E-state index contributed by atoms with van der Waals surface area (Å²) in [7, 11) is 0. The van der Waals surface area contributed by atoms with E-state index in [-0.39, 0.29) is 51.0 Å². The first kappa shape index (κ1) is 22.1. The third-order valence-electron chi connectivity index (χ3n) is 3.66. The zero-order valence-corrected chi connectivity index (χ0v) is 16.9. The SMILES string of the molecule is CCc1cc[cH-]c1.[Cl-].[Cl-].[Zr+4].c1ccc2c(c1)[cH-]c1ccccc12. The van der Waals surface area contributed by atoms with Gasteiger partial charge in [0, 0.05) is 0 Å². The standard InChI is InChI=1S/C13H9.C7H9.2ClH.Zr/c1-3-7-12-10(5-1)9-11-6-2-4-8-13(11)12;1-2-7-5-3-4-6-7;;;/h1-9H;3-6H,2H2,1H3;2*1H;/q2*-1;;;+4/p-2. The van der Waals surface area contributed by atoms with E-state index in [9.17, 15) is 0 Å². The predicted molar refractivity (Wildman–Crippen MR) is 88.5 cm³/mol. The molecule has 116 valence electrons. The summed E-state index contributed by atoms with van der Waals surface area (Å²) in [6.07, 6.45) is 1.16. The molecule has 0 saturated carbocycles. The second kappa shape index (κ2) is 10.8. The molecule has 3 heteroatoms. The molecule has 0 aliphatic carbocycles. The van der Waals surface area contributed by atoms with Crippen molar-refractivity contribution in [2.24, 2.45) is 0 Å². The molecular formula is C20H18Cl2Zr. The van der Waals surface area contributed by atoms with Gasteiger partial charge in [-0.05, 0) is 0 Å². The predicted octanol–water partition coefficient (Wildman–Crippen LogP) is -0.315. The van der Waals surface area contributed by atoms with Crippen molar-refractivity contribution in [2.75, 3.05) is 0 Å². The number of aryl methyl sites for hydroxylation is 1. The van der Waals surface area contributed by atoms with Crippen LogP contribution < -0.4 is 24.8 Å². The summed E-state index contributed by atoms with van der Waals surface area (Å²) in [6, 6.07) is 27.7. The minimum Gasteiger partial charge on any atom is -1.00 e. The third kappa shape index (κ3) is 5.31. The van der Waals surface area contributed by atoms with Crippen LogP contribution in [-0.4, -0.2) is 0 Å². The number of halogens is 2. The average molecular weight is 420 g/mol. The number of hydrogen-bond donors (Lipinski definition) is 0. The maximum atomic E-state index is 2.24. The molecule has 0 amide bonds. The number of fused-ring (bicyclic) bond motifs is 3. The second-order valence-electron chi connectivity index (χ2n) is 4.97. The number of hydrogen-bond acceptors (Lipinski definition) is 0. The van der Waals surface area contributed by atoms with Gasteiger partial charge in [0.1, 0.15) is 0 Å². The molecule has 4 rings (SSSR count). The topological polar surface area (TPSA) is 0 Å². The minimum atomic E-state index is 0. The molecule has 0 radical (unpaired) electrons. The van der Waals surface area contributed by atoms with Gasteiger partial charge in [0.15, 0.2) is 0 Å². The van der Waals surface area contributed by atoms with Gasteiger partial charge in [0.2, 0.25) is 0 Å². The number of benzene rings is 2. The van der Waals surface area contributed by atoms with Crippen LogP contribution in [-0.2, 0) is 32.6 Å². The monoisotopic (exact) mass is 418 g/mol. The van der Waals surface area contributed by atoms with Crippen LogP contribution in [0.1, 0.15) is 12.5 Å². The molecule has 0 aromatic heterocycles. The molecule has 0 unspecified atom stereocenters. The van der Waals surface area contributed by atoms with E-state index in [1.165, 1.54) is 27.1 Å². The molecule has 0 atom stereocenters. The van der Waals surface area contributed by atoms with Crippen molar-refractivity contribution < 1.29 is 51.0 Å². The Kier molecular flexibility index (Phi) is 10.4. The summed E-state index contributed by atoms with van der Waals surface area (Å²) in [5, 5.41) is 5.39. The Bertz CT molecular complexity index is 750. The van der Waals surface area contributed by atoms with E-state index in [2.05, 4.69) is 85.8 Å². The largest absolute Gasteiger partial charge is 4.00 e. The zero-order chi connectivity index (χ0) is 13.8. The Hall–Kier alpha value is -0.877. The van der Waals surface area contributed by atoms with Crippen LogP contribution in [0, 0.1) is 0 Å². The molecule has 4 aromatic rings. The number of rotatable bonds is 1. The van der Waals surface area contributed by atoms with Gasteiger partial charge in [-0.1, -0.05) is 49.7 Å². The summed E-state index contributed by atoms with van der Waals surface area (Å²) in [5.41, 5.74) is 1.43. The molecule has 0 spiro atoms. The van der Waals surface area contributed by atoms with Crippen molar-refractivity contribution >= 4 is 21.5 Å². The van der Waals surface area contributed by atoms with E-state index in [0.29, 0.717) is 0 Å². The Morgan fingerprint density at radius 3 is 1.70 bits per heavy atom. The van der Waals surface area contributed by atoms with E-state index >= 15 is 0 Å². The van der Waals surface area contributed by atoms with Crippen molar-refractivity contribution in [1.29, 1.82) is 0 Å². The third-order valence-corrected chi connectivity index (χ3v) is 3.66. The van der Waals surface area contributed by atoms with Crippen LogP contribution in [0.2, 0.25) is 0 Å². The van der Waals surface area contributed by atoms with Gasteiger partial charge in [0.05, 0.1) is 0 Å². The molecular weight excluding hydrogens is 402 g/mol. The Balaban J connectivity index is 0.000000426. The molecule has 0 nitrogen and oxygen atoms in total. The molecule has 0 fully saturated rings. The van der Waals surface area contributed by atoms with Crippen molar-refractivity contribution in [3.63, 3.8) is 0 Å². The summed E-state index contributed by atoms with van der Waals surface area (Å²) in [5.74, 6) is 0. The summed E-state index contributed by atoms with van der Waals surface area (Å²) >= 11 is 0. The van der Waals surface area contributed by atoms with Gasteiger partial charge in [-0.25, -0.2) is 6.07 Å². The Morgan fingerprint density at radius 1 is 0.783 bits per heavy atom. The van der Waals surface area contributed by atoms with E-state index in [4.69, 9.17) is 0 Å². The minimum absolute atomic E-state index is 0. The van der Waals surface area contributed by atoms with Crippen molar-refractivity contribution in [2.45, 2.75) is 13.3 Å². The molecule has 4 aromatic carbocycles. The van der Waals surface area contributed by atoms with Crippen LogP contribution in [0.4, 0.5) is 0 Å². The quantitative estimate of drug-likeness (QED) is 0.371. The van der Waals surface area contributed by atoms with Gasteiger partial charge < -0.3 is 24.8 Å². The maximum Gasteiger partial charge on any atom is 4.00 e. The van der Waals surface area contributed by atoms with Crippen LogP contribution in [0.15, 0.2) is 78.9 Å². The van der Waals surface area contributed by atoms with Crippen molar-refractivity contribution in [1.82, 2.24) is 0 Å². The summed E-state index contributed by atoms with van der Waals surface area (Å²) < 4.78 is 0. The first-order chi connectivity index (χ1) is 9.88. The fourth-order valence-corrected chi connectivity index (χ4v) is 2.55. The van der Waals surface area contributed by atoms with Gasteiger partial charge in [0.25, 0.3) is 0 Å². The molecule has 23 heavy (non-hydrogen) atoms. The van der Waals surface area contributed by atoms with Gasteiger partial charge in [-0.15, -0.1) is 39.7 Å². The smallest absolute Gasteiger partial charge is 1.00 e. The fourth-order valence-electron chi connectivity index (χ4n) is 2.55. The zero-order valence-electron chi connectivity index (χ0n) is 13.0. The molecule has 0 aliphatic rings. The summed E-state index contributed by atoms with van der Waals surface area (Å²) in [4.78, 5) is 0. The fraction of sp³-hybridized carbons (Fsp3) is 0.100. The van der Waals surface area contributed by atoms with Gasteiger partial charge in [-0.2, -0.15) is 23.8 Å². The molecule has 0 N–H and O–H groups in total. The van der Waals surface area contributed by atoms with Crippen LogP contribution >= 0.6 is 0 Å². The molecule has 0 aliphatic heterocycles. The molecule has 0 heterocycles. The summed E-state index contributed by atoms with van der Waals surface area (Å²) in [6.45, 7) is 2.16. The molecule has 0 bridgehead atoms. The van der Waals surface area contributed by atoms with Crippen LogP contribution in [0.25, 0.3) is 21.5 Å². The normalized spacial score (nSPS) is 9.09. The van der Waals surface area contributed by atoms with Crippen molar-refractivity contribution in [3.8, 4) is 0 Å². The Labute approximate surface area is 169 Å². The van der Waals surface area contributed by atoms with Crippen LogP contribution in [0.3, 0.4) is 0 Å². The van der Waals surface area contributed by atoms with Gasteiger partial charge >= 0.3 is 26.2 Å². The maximum absolute atomic E-state index is 2.24. The van der Waals surface area contributed by atoms with E-state index in [1.807, 2.05) is 0 Å². The average Bonchev–Trinajstić information content (AvgIpc) is 3.15. The second-order valence-corrected chi connectivity index (χ2v) is 4.97. The van der Waals surface area contributed by atoms with Crippen LogP contribution in [0.5, 0.6) is 0 Å². The molecule has 0 saturated heterocycles.